The number of nitrogens with zero attached hydrogens (tertiary/aromatic N) is 2. The molecule has 0 spiro atoms. The maximum Gasteiger partial charge on any atom is 0.239 e. The molecule has 1 amide bonds. The molecule has 0 bridgehead atoms. The van der Waals surface area contributed by atoms with Crippen LogP contribution in [0.2, 0.25) is 0 Å². The fraction of sp³-hybridized carbons (Fsp3) is 0.909. The topological polar surface area (TPSA) is 35.6 Å². The van der Waals surface area contributed by atoms with E-state index in [9.17, 15) is 4.79 Å². The molecule has 2 saturated heterocycles. The Morgan fingerprint density at radius 3 is 2.67 bits per heavy atom. The number of carbonyl (C=O) groups excluding carboxylic acids is 1. The molecule has 0 radical (unpaired) electrons. The summed E-state index contributed by atoms with van der Waals surface area (Å²) in [4.78, 5) is 15.9. The summed E-state index contributed by atoms with van der Waals surface area (Å²) in [6.45, 7) is 5.42. The summed E-state index contributed by atoms with van der Waals surface area (Å²) in [5, 5.41) is 3.36. The van der Waals surface area contributed by atoms with Crippen molar-refractivity contribution in [2.24, 2.45) is 0 Å². The second-order valence-corrected chi connectivity index (χ2v) is 4.60. The van der Waals surface area contributed by atoms with E-state index < -0.39 is 0 Å². The van der Waals surface area contributed by atoms with E-state index in [1.54, 1.807) is 0 Å². The Labute approximate surface area is 91.6 Å². The SMILES string of the molecule is CN1CCC(NCCN2CCCC2)C1=O. The van der Waals surface area contributed by atoms with Gasteiger partial charge in [0, 0.05) is 26.7 Å². The highest BCUT2D eigenvalue weighted by Crippen LogP contribution is 2.09. The summed E-state index contributed by atoms with van der Waals surface area (Å²) >= 11 is 0. The van der Waals surface area contributed by atoms with Crippen LogP contribution in [0, 0.1) is 0 Å². The first-order chi connectivity index (χ1) is 7.27. The Hall–Kier alpha value is -0.610. The van der Waals surface area contributed by atoms with E-state index in [1.807, 2.05) is 11.9 Å². The summed E-state index contributed by atoms with van der Waals surface area (Å²) in [6, 6.07) is 0.0811. The third-order valence-corrected chi connectivity index (χ3v) is 3.44. The van der Waals surface area contributed by atoms with E-state index in [4.69, 9.17) is 0 Å². The Bertz CT molecular complexity index is 226. The van der Waals surface area contributed by atoms with Crippen molar-refractivity contribution in [3.8, 4) is 0 Å². The molecule has 1 atom stereocenters. The van der Waals surface area contributed by atoms with Gasteiger partial charge in [-0.3, -0.25) is 4.79 Å². The van der Waals surface area contributed by atoms with E-state index in [0.29, 0.717) is 0 Å². The summed E-state index contributed by atoms with van der Waals surface area (Å²) < 4.78 is 0. The average Bonchev–Trinajstić information content (AvgIpc) is 2.83. The maximum absolute atomic E-state index is 11.6. The zero-order valence-electron chi connectivity index (χ0n) is 9.54. The first-order valence-electron chi connectivity index (χ1n) is 5.98. The largest absolute Gasteiger partial charge is 0.344 e. The molecule has 0 aromatic carbocycles. The molecule has 0 aliphatic carbocycles. The molecule has 1 N–H and O–H groups in total. The van der Waals surface area contributed by atoms with Crippen LogP contribution in [0.25, 0.3) is 0 Å². The Kier molecular flexibility index (Phi) is 3.59. The Balaban J connectivity index is 1.63. The average molecular weight is 211 g/mol. The van der Waals surface area contributed by atoms with Crippen molar-refractivity contribution in [1.82, 2.24) is 15.1 Å². The van der Waals surface area contributed by atoms with Crippen LogP contribution in [-0.4, -0.2) is 61.5 Å². The van der Waals surface area contributed by atoms with E-state index in [1.165, 1.54) is 25.9 Å². The Morgan fingerprint density at radius 1 is 1.33 bits per heavy atom. The smallest absolute Gasteiger partial charge is 0.239 e. The lowest BCUT2D eigenvalue weighted by atomic mass is 10.2. The van der Waals surface area contributed by atoms with E-state index in [0.717, 1.165) is 26.1 Å². The van der Waals surface area contributed by atoms with Gasteiger partial charge in [-0.2, -0.15) is 0 Å². The predicted octanol–water partition coefficient (Wildman–Crippen LogP) is -0.0975. The van der Waals surface area contributed by atoms with Gasteiger partial charge in [-0.15, -0.1) is 0 Å². The van der Waals surface area contributed by atoms with Crippen LogP contribution < -0.4 is 5.32 Å². The summed E-state index contributed by atoms with van der Waals surface area (Å²) in [7, 11) is 1.88. The number of amides is 1. The normalized spacial score (nSPS) is 27.9. The lowest BCUT2D eigenvalue weighted by Gasteiger charge is -2.17. The van der Waals surface area contributed by atoms with Gasteiger partial charge in [0.15, 0.2) is 0 Å². The lowest BCUT2D eigenvalue weighted by molar-refractivity contribution is -0.128. The molecule has 2 rings (SSSR count). The number of nitrogens with one attached hydrogen (secondary N) is 1. The van der Waals surface area contributed by atoms with Crippen molar-refractivity contribution in [3.63, 3.8) is 0 Å². The minimum Gasteiger partial charge on any atom is -0.344 e. The number of carbonyl (C=O) groups is 1. The molecule has 0 saturated carbocycles. The fourth-order valence-electron chi connectivity index (χ4n) is 2.41. The Morgan fingerprint density at radius 2 is 2.07 bits per heavy atom. The quantitative estimate of drug-likeness (QED) is 0.705. The van der Waals surface area contributed by atoms with Crippen LogP contribution in [0.1, 0.15) is 19.3 Å². The van der Waals surface area contributed by atoms with Gasteiger partial charge in [0.2, 0.25) is 5.91 Å². The van der Waals surface area contributed by atoms with Crippen molar-refractivity contribution in [2.75, 3.05) is 39.8 Å². The van der Waals surface area contributed by atoms with Gasteiger partial charge >= 0.3 is 0 Å². The van der Waals surface area contributed by atoms with E-state index in [2.05, 4.69) is 10.2 Å². The number of hydrogen-bond acceptors (Lipinski definition) is 3. The monoisotopic (exact) mass is 211 g/mol. The van der Waals surface area contributed by atoms with E-state index >= 15 is 0 Å². The number of likely N-dealkylation sites (tertiary alicyclic amines) is 2. The number of hydrogen-bond donors (Lipinski definition) is 1. The molecule has 0 aromatic rings. The van der Waals surface area contributed by atoms with Gasteiger partial charge < -0.3 is 15.1 Å². The first-order valence-corrected chi connectivity index (χ1v) is 5.98. The van der Waals surface area contributed by atoms with Crippen molar-refractivity contribution >= 4 is 5.91 Å². The first kappa shape index (κ1) is 10.9. The van der Waals surface area contributed by atoms with Gasteiger partial charge in [-0.1, -0.05) is 0 Å². The van der Waals surface area contributed by atoms with Gasteiger partial charge in [0.05, 0.1) is 6.04 Å². The molecule has 0 aromatic heterocycles. The highest BCUT2D eigenvalue weighted by molar-refractivity contribution is 5.83. The van der Waals surface area contributed by atoms with Crippen LogP contribution in [0.15, 0.2) is 0 Å². The lowest BCUT2D eigenvalue weighted by Crippen LogP contribution is -2.40. The highest BCUT2D eigenvalue weighted by Gasteiger charge is 2.28. The number of likely N-dealkylation sites (N-methyl/N-ethyl adjacent to an activating group) is 1. The molecule has 15 heavy (non-hydrogen) atoms. The maximum atomic E-state index is 11.6. The summed E-state index contributed by atoms with van der Waals surface area (Å²) in [6.07, 6.45) is 3.64. The van der Waals surface area contributed by atoms with Crippen LogP contribution in [0.4, 0.5) is 0 Å². The van der Waals surface area contributed by atoms with Crippen LogP contribution in [0.5, 0.6) is 0 Å². The van der Waals surface area contributed by atoms with Gasteiger partial charge in [-0.05, 0) is 32.4 Å². The minimum absolute atomic E-state index is 0.0811. The second kappa shape index (κ2) is 4.94. The minimum atomic E-state index is 0.0811. The zero-order chi connectivity index (χ0) is 10.7. The van der Waals surface area contributed by atoms with Gasteiger partial charge in [0.1, 0.15) is 0 Å². The molecule has 2 heterocycles. The third-order valence-electron chi connectivity index (χ3n) is 3.44. The van der Waals surface area contributed by atoms with Crippen LogP contribution in [-0.2, 0) is 4.79 Å². The summed E-state index contributed by atoms with van der Waals surface area (Å²) in [5.74, 6) is 0.261. The third kappa shape index (κ3) is 2.69. The second-order valence-electron chi connectivity index (χ2n) is 4.60. The number of rotatable bonds is 4. The fourth-order valence-corrected chi connectivity index (χ4v) is 2.41. The highest BCUT2D eigenvalue weighted by atomic mass is 16.2. The molecule has 2 aliphatic heterocycles. The summed E-state index contributed by atoms with van der Waals surface area (Å²) in [5.41, 5.74) is 0. The molecule has 4 nitrogen and oxygen atoms in total. The van der Waals surface area contributed by atoms with Crippen molar-refractivity contribution in [3.05, 3.63) is 0 Å². The standard InChI is InChI=1S/C11H21N3O/c1-13-8-4-10(11(13)15)12-5-9-14-6-2-3-7-14/h10,12H,2-9H2,1H3. The molecular weight excluding hydrogens is 190 g/mol. The molecule has 2 aliphatic rings. The molecule has 2 fully saturated rings. The van der Waals surface area contributed by atoms with Crippen LogP contribution in [0.3, 0.4) is 0 Å². The molecule has 86 valence electrons. The molecule has 1 unspecified atom stereocenters. The predicted molar refractivity (Wildman–Crippen MR) is 59.7 cm³/mol. The zero-order valence-corrected chi connectivity index (χ0v) is 9.54. The van der Waals surface area contributed by atoms with E-state index in [-0.39, 0.29) is 11.9 Å². The molecular formula is C11H21N3O. The van der Waals surface area contributed by atoms with Gasteiger partial charge in [0.25, 0.3) is 0 Å². The van der Waals surface area contributed by atoms with Crippen molar-refractivity contribution < 1.29 is 4.79 Å². The van der Waals surface area contributed by atoms with Crippen molar-refractivity contribution in [1.29, 1.82) is 0 Å². The molecule has 4 heteroatoms. The van der Waals surface area contributed by atoms with Crippen LogP contribution >= 0.6 is 0 Å². The van der Waals surface area contributed by atoms with Crippen molar-refractivity contribution in [2.45, 2.75) is 25.3 Å². The van der Waals surface area contributed by atoms with Gasteiger partial charge in [-0.25, -0.2) is 0 Å².